The molecule has 0 fully saturated rings. The molecule has 8 heteroatoms. The third kappa shape index (κ3) is 4.12. The molecule has 0 spiro atoms. The number of carbonyl (C=O) groups excluding carboxylic acids is 4. The minimum Gasteiger partial charge on any atom is -0.355 e. The lowest BCUT2D eigenvalue weighted by atomic mass is 10.1. The van der Waals surface area contributed by atoms with Crippen LogP contribution in [0.15, 0.2) is 48.5 Å². The summed E-state index contributed by atoms with van der Waals surface area (Å²) in [6.07, 6.45) is -0.219. The zero-order valence-corrected chi connectivity index (χ0v) is 14.5. The average Bonchev–Trinajstić information content (AvgIpc) is 2.78. The van der Waals surface area contributed by atoms with Crippen molar-refractivity contribution in [2.45, 2.75) is 12.5 Å². The lowest BCUT2D eigenvalue weighted by Crippen LogP contribution is -2.43. The van der Waals surface area contributed by atoms with Gasteiger partial charge in [-0.2, -0.15) is 0 Å². The summed E-state index contributed by atoms with van der Waals surface area (Å²) in [6, 6.07) is 12.0. The summed E-state index contributed by atoms with van der Waals surface area (Å²) in [6.45, 7) is 0. The van der Waals surface area contributed by atoms with Gasteiger partial charge in [-0.1, -0.05) is 12.1 Å². The Kier molecular flexibility index (Phi) is 5.16. The van der Waals surface area contributed by atoms with Crippen LogP contribution in [0.3, 0.4) is 0 Å². The largest absolute Gasteiger partial charge is 0.355 e. The summed E-state index contributed by atoms with van der Waals surface area (Å²) in [4.78, 5) is 48.4. The first-order valence-electron chi connectivity index (χ1n) is 8.30. The van der Waals surface area contributed by atoms with Gasteiger partial charge in [-0.05, 0) is 36.4 Å². The number of fused-ring (bicyclic) bond motifs is 1. The monoisotopic (exact) mass is 366 g/mol. The Morgan fingerprint density at radius 2 is 1.74 bits per heavy atom. The quantitative estimate of drug-likeness (QED) is 0.649. The number of rotatable bonds is 4. The van der Waals surface area contributed by atoms with Crippen molar-refractivity contribution in [2.75, 3.05) is 17.7 Å². The van der Waals surface area contributed by atoms with Gasteiger partial charge in [-0.25, -0.2) is 0 Å². The predicted molar refractivity (Wildman–Crippen MR) is 99.4 cm³/mol. The standard InChI is InChI=1S/C19H18N4O4/c1-20-17(25)11-6-8-12(9-7-11)21-16(24)10-15-19(27)22-14-5-3-2-4-13(14)18(26)23-15/h2-9,15H,10H2,1H3,(H,20,25)(H,21,24)(H,22,27)(H,23,26)/t15-/m0/s1. The van der Waals surface area contributed by atoms with E-state index in [0.29, 0.717) is 22.5 Å². The number of amides is 4. The Balaban J connectivity index is 1.65. The van der Waals surface area contributed by atoms with E-state index in [4.69, 9.17) is 0 Å². The van der Waals surface area contributed by atoms with E-state index >= 15 is 0 Å². The van der Waals surface area contributed by atoms with Crippen molar-refractivity contribution >= 4 is 35.0 Å². The van der Waals surface area contributed by atoms with Crippen molar-refractivity contribution in [1.82, 2.24) is 10.6 Å². The molecule has 0 unspecified atom stereocenters. The van der Waals surface area contributed by atoms with Gasteiger partial charge < -0.3 is 21.3 Å². The van der Waals surface area contributed by atoms with Crippen molar-refractivity contribution < 1.29 is 19.2 Å². The first-order valence-corrected chi connectivity index (χ1v) is 8.30. The topological polar surface area (TPSA) is 116 Å². The van der Waals surface area contributed by atoms with Gasteiger partial charge in [0.1, 0.15) is 6.04 Å². The van der Waals surface area contributed by atoms with Gasteiger partial charge in [-0.15, -0.1) is 0 Å². The molecule has 0 saturated carbocycles. The van der Waals surface area contributed by atoms with E-state index in [0.717, 1.165) is 0 Å². The highest BCUT2D eigenvalue weighted by Crippen LogP contribution is 2.19. The number of hydrogen-bond donors (Lipinski definition) is 4. The molecule has 8 nitrogen and oxygen atoms in total. The van der Waals surface area contributed by atoms with Crippen molar-refractivity contribution in [1.29, 1.82) is 0 Å². The van der Waals surface area contributed by atoms with Crippen LogP contribution < -0.4 is 21.3 Å². The fourth-order valence-electron chi connectivity index (χ4n) is 2.70. The van der Waals surface area contributed by atoms with Gasteiger partial charge in [0, 0.05) is 18.3 Å². The van der Waals surface area contributed by atoms with Gasteiger partial charge in [0.25, 0.3) is 11.8 Å². The Labute approximate surface area is 155 Å². The van der Waals surface area contributed by atoms with Crippen molar-refractivity contribution in [3.05, 3.63) is 59.7 Å². The number of carbonyl (C=O) groups is 4. The van der Waals surface area contributed by atoms with Crippen LogP contribution >= 0.6 is 0 Å². The first kappa shape index (κ1) is 18.1. The predicted octanol–water partition coefficient (Wildman–Crippen LogP) is 1.13. The van der Waals surface area contributed by atoms with Gasteiger partial charge >= 0.3 is 0 Å². The maximum atomic E-state index is 12.3. The molecule has 1 atom stereocenters. The van der Waals surface area contributed by atoms with E-state index in [1.54, 1.807) is 48.5 Å². The van der Waals surface area contributed by atoms with Gasteiger partial charge in [0.05, 0.1) is 17.7 Å². The summed E-state index contributed by atoms with van der Waals surface area (Å²) in [5, 5.41) is 10.4. The average molecular weight is 366 g/mol. The number of hydrogen-bond acceptors (Lipinski definition) is 4. The number of nitrogens with one attached hydrogen (secondary N) is 4. The van der Waals surface area contributed by atoms with Crippen LogP contribution in [0, 0.1) is 0 Å². The third-order valence-electron chi connectivity index (χ3n) is 4.10. The summed E-state index contributed by atoms with van der Waals surface area (Å²) < 4.78 is 0. The van der Waals surface area contributed by atoms with Gasteiger partial charge in [-0.3, -0.25) is 19.2 Å². The second-order valence-corrected chi connectivity index (χ2v) is 5.97. The number of benzene rings is 2. The van der Waals surface area contributed by atoms with Crippen LogP contribution in [-0.4, -0.2) is 36.7 Å². The molecule has 1 aliphatic heterocycles. The molecule has 4 amide bonds. The zero-order valence-electron chi connectivity index (χ0n) is 14.5. The fraction of sp³-hybridized carbons (Fsp3) is 0.158. The Morgan fingerprint density at radius 3 is 2.44 bits per heavy atom. The highest BCUT2D eigenvalue weighted by atomic mass is 16.2. The maximum absolute atomic E-state index is 12.3. The van der Waals surface area contributed by atoms with E-state index in [9.17, 15) is 19.2 Å². The number of anilines is 2. The maximum Gasteiger partial charge on any atom is 0.254 e. The van der Waals surface area contributed by atoms with E-state index in [2.05, 4.69) is 21.3 Å². The molecule has 2 aromatic rings. The highest BCUT2D eigenvalue weighted by Gasteiger charge is 2.29. The first-order chi connectivity index (χ1) is 13.0. The van der Waals surface area contributed by atoms with Gasteiger partial charge in [0.2, 0.25) is 11.8 Å². The van der Waals surface area contributed by atoms with Crippen LogP contribution in [-0.2, 0) is 9.59 Å². The summed E-state index contributed by atoms with van der Waals surface area (Å²) in [5.41, 5.74) is 1.70. The van der Waals surface area contributed by atoms with Crippen LogP contribution in [0.4, 0.5) is 11.4 Å². The molecule has 0 aliphatic carbocycles. The third-order valence-corrected chi connectivity index (χ3v) is 4.10. The lowest BCUT2D eigenvalue weighted by Gasteiger charge is -2.14. The molecule has 0 aromatic heterocycles. The SMILES string of the molecule is CNC(=O)c1ccc(NC(=O)C[C@@H]2NC(=O)c3ccccc3NC2=O)cc1. The van der Waals surface area contributed by atoms with Crippen molar-refractivity contribution in [3.8, 4) is 0 Å². The molecule has 1 aliphatic rings. The molecule has 0 saturated heterocycles. The molecular formula is C19H18N4O4. The van der Waals surface area contributed by atoms with E-state index in [1.807, 2.05) is 0 Å². The molecule has 0 bridgehead atoms. The minimum atomic E-state index is -0.991. The normalized spacial score (nSPS) is 15.7. The van der Waals surface area contributed by atoms with E-state index < -0.39 is 23.8 Å². The zero-order chi connectivity index (χ0) is 19.4. The molecule has 27 heavy (non-hydrogen) atoms. The van der Waals surface area contributed by atoms with Crippen molar-refractivity contribution in [2.24, 2.45) is 0 Å². The molecule has 138 valence electrons. The second kappa shape index (κ2) is 7.69. The molecule has 0 radical (unpaired) electrons. The van der Waals surface area contributed by atoms with Crippen LogP contribution in [0.2, 0.25) is 0 Å². The second-order valence-electron chi connectivity index (χ2n) is 5.97. The molecule has 2 aromatic carbocycles. The molecule has 3 rings (SSSR count). The Morgan fingerprint density at radius 1 is 1.04 bits per heavy atom. The summed E-state index contributed by atoms with van der Waals surface area (Å²) >= 11 is 0. The van der Waals surface area contributed by atoms with Gasteiger partial charge in [0.15, 0.2) is 0 Å². The molecule has 4 N–H and O–H groups in total. The highest BCUT2D eigenvalue weighted by molar-refractivity contribution is 6.11. The van der Waals surface area contributed by atoms with Crippen LogP contribution in [0.5, 0.6) is 0 Å². The fourth-order valence-corrected chi connectivity index (χ4v) is 2.70. The Hall–Kier alpha value is -3.68. The summed E-state index contributed by atoms with van der Waals surface area (Å²) in [5.74, 6) is -1.55. The minimum absolute atomic E-state index is 0.219. The smallest absolute Gasteiger partial charge is 0.254 e. The van der Waals surface area contributed by atoms with E-state index in [1.165, 1.54) is 7.05 Å². The van der Waals surface area contributed by atoms with Crippen LogP contribution in [0.25, 0.3) is 0 Å². The molecular weight excluding hydrogens is 348 g/mol. The number of para-hydroxylation sites is 1. The van der Waals surface area contributed by atoms with E-state index in [-0.39, 0.29) is 12.3 Å². The molecule has 1 heterocycles. The van der Waals surface area contributed by atoms with Crippen molar-refractivity contribution in [3.63, 3.8) is 0 Å². The lowest BCUT2D eigenvalue weighted by molar-refractivity contribution is -0.122. The summed E-state index contributed by atoms with van der Waals surface area (Å²) in [7, 11) is 1.53. The Bertz CT molecular complexity index is 908. The van der Waals surface area contributed by atoms with Crippen LogP contribution in [0.1, 0.15) is 27.1 Å².